The van der Waals surface area contributed by atoms with Crippen LogP contribution in [0.5, 0.6) is 17.2 Å². The summed E-state index contributed by atoms with van der Waals surface area (Å²) in [7, 11) is 3.00. The third kappa shape index (κ3) is 3.32. The summed E-state index contributed by atoms with van der Waals surface area (Å²) < 4.78 is 16.5. The molecule has 2 aromatic rings. The van der Waals surface area contributed by atoms with Crippen LogP contribution >= 0.6 is 0 Å². The molecule has 0 aromatic heterocycles. The van der Waals surface area contributed by atoms with Gasteiger partial charge in [-0.15, -0.1) is 0 Å². The summed E-state index contributed by atoms with van der Waals surface area (Å²) in [6.07, 6.45) is 0. The van der Waals surface area contributed by atoms with Gasteiger partial charge < -0.3 is 19.3 Å². The number of rotatable bonds is 4. The maximum atomic E-state index is 12.7. The number of aromatic hydroxyl groups is 1. The number of methoxy groups -OCH3 is 2. The predicted octanol–water partition coefficient (Wildman–Crippen LogP) is 3.43. The van der Waals surface area contributed by atoms with Gasteiger partial charge in [-0.05, 0) is 32.4 Å². The fraction of sp³-hybridized carbons (Fsp3) is 0.381. The Bertz CT molecular complexity index is 847. The molecule has 2 aromatic carbocycles. The fourth-order valence-corrected chi connectivity index (χ4v) is 3.59. The van der Waals surface area contributed by atoms with Gasteiger partial charge in [-0.1, -0.05) is 30.3 Å². The number of morpholine rings is 1. The SMILES string of the molecule is COc1cc([C@H]2N[C@H](c3ccccc3)C(C)(C)OC2=O)c(O)c(OC)c1C. The van der Waals surface area contributed by atoms with Gasteiger partial charge in [-0.25, -0.2) is 4.79 Å². The maximum absolute atomic E-state index is 12.7. The summed E-state index contributed by atoms with van der Waals surface area (Å²) in [5.41, 5.74) is 1.26. The largest absolute Gasteiger partial charge is 0.504 e. The number of hydrogen-bond acceptors (Lipinski definition) is 6. The quantitative estimate of drug-likeness (QED) is 0.802. The first kappa shape index (κ1) is 19.0. The first-order valence-electron chi connectivity index (χ1n) is 8.78. The summed E-state index contributed by atoms with van der Waals surface area (Å²) in [5.74, 6) is 0.239. The molecule has 0 spiro atoms. The average molecular weight is 371 g/mol. The molecular formula is C21H25NO5. The molecule has 2 N–H and O–H groups in total. The molecule has 6 heteroatoms. The summed E-state index contributed by atoms with van der Waals surface area (Å²) in [6, 6.07) is 10.3. The molecule has 6 nitrogen and oxygen atoms in total. The second-order valence-electron chi connectivity index (χ2n) is 7.14. The Morgan fingerprint density at radius 3 is 2.41 bits per heavy atom. The van der Waals surface area contributed by atoms with E-state index in [0.717, 1.165) is 5.56 Å². The fourth-order valence-electron chi connectivity index (χ4n) is 3.59. The molecule has 0 bridgehead atoms. The highest BCUT2D eigenvalue weighted by molar-refractivity contribution is 5.81. The van der Waals surface area contributed by atoms with Crippen molar-refractivity contribution in [3.05, 3.63) is 53.1 Å². The van der Waals surface area contributed by atoms with E-state index in [1.54, 1.807) is 13.0 Å². The lowest BCUT2D eigenvalue weighted by Crippen LogP contribution is -2.52. The van der Waals surface area contributed by atoms with Gasteiger partial charge in [0.1, 0.15) is 17.4 Å². The van der Waals surface area contributed by atoms with Crippen LogP contribution in [-0.4, -0.2) is 30.9 Å². The van der Waals surface area contributed by atoms with Crippen molar-refractivity contribution in [2.24, 2.45) is 0 Å². The van der Waals surface area contributed by atoms with E-state index in [1.807, 2.05) is 44.2 Å². The predicted molar refractivity (Wildman–Crippen MR) is 101 cm³/mol. The van der Waals surface area contributed by atoms with E-state index >= 15 is 0 Å². The zero-order chi connectivity index (χ0) is 19.8. The van der Waals surface area contributed by atoms with Crippen molar-refractivity contribution < 1.29 is 24.1 Å². The van der Waals surface area contributed by atoms with Gasteiger partial charge in [0, 0.05) is 11.1 Å². The van der Waals surface area contributed by atoms with Crippen molar-refractivity contribution in [3.8, 4) is 17.2 Å². The van der Waals surface area contributed by atoms with Crippen molar-refractivity contribution in [1.29, 1.82) is 0 Å². The zero-order valence-electron chi connectivity index (χ0n) is 16.2. The summed E-state index contributed by atoms with van der Waals surface area (Å²) in [6.45, 7) is 5.51. The van der Waals surface area contributed by atoms with Crippen LogP contribution in [0.2, 0.25) is 0 Å². The van der Waals surface area contributed by atoms with Crippen LogP contribution in [0, 0.1) is 6.92 Å². The zero-order valence-corrected chi connectivity index (χ0v) is 16.2. The smallest absolute Gasteiger partial charge is 0.328 e. The third-order valence-electron chi connectivity index (χ3n) is 4.98. The molecule has 3 rings (SSSR count). The molecule has 2 atom stereocenters. The minimum absolute atomic E-state index is 0.100. The minimum Gasteiger partial charge on any atom is -0.504 e. The van der Waals surface area contributed by atoms with Crippen LogP contribution in [0.3, 0.4) is 0 Å². The number of carbonyl (C=O) groups is 1. The molecule has 1 aliphatic rings. The number of hydrogen-bond donors (Lipinski definition) is 2. The Balaban J connectivity index is 2.08. The number of phenolic OH excluding ortho intramolecular Hbond substituents is 1. The molecule has 144 valence electrons. The van der Waals surface area contributed by atoms with Crippen LogP contribution in [0.15, 0.2) is 36.4 Å². The normalized spacial score (nSPS) is 21.4. The van der Waals surface area contributed by atoms with E-state index in [-0.39, 0.29) is 17.5 Å². The number of esters is 1. The van der Waals surface area contributed by atoms with Crippen LogP contribution in [-0.2, 0) is 9.53 Å². The summed E-state index contributed by atoms with van der Waals surface area (Å²) in [4.78, 5) is 12.7. The molecule has 1 saturated heterocycles. The molecule has 0 unspecified atom stereocenters. The van der Waals surface area contributed by atoms with Gasteiger partial charge >= 0.3 is 5.97 Å². The second-order valence-corrected chi connectivity index (χ2v) is 7.14. The molecule has 1 fully saturated rings. The van der Waals surface area contributed by atoms with Crippen LogP contribution in [0.25, 0.3) is 0 Å². The first-order valence-corrected chi connectivity index (χ1v) is 8.78. The van der Waals surface area contributed by atoms with Gasteiger partial charge in [-0.3, -0.25) is 5.32 Å². The average Bonchev–Trinajstić information content (AvgIpc) is 2.63. The van der Waals surface area contributed by atoms with Gasteiger partial charge in [0.2, 0.25) is 0 Å². The van der Waals surface area contributed by atoms with E-state index in [2.05, 4.69) is 5.32 Å². The Morgan fingerprint density at radius 1 is 1.15 bits per heavy atom. The molecule has 27 heavy (non-hydrogen) atoms. The number of carbonyl (C=O) groups excluding carboxylic acids is 1. The lowest BCUT2D eigenvalue weighted by molar-refractivity contribution is -0.172. The number of nitrogens with one attached hydrogen (secondary N) is 1. The maximum Gasteiger partial charge on any atom is 0.328 e. The highest BCUT2D eigenvalue weighted by Gasteiger charge is 2.45. The van der Waals surface area contributed by atoms with E-state index < -0.39 is 17.6 Å². The first-order chi connectivity index (χ1) is 12.8. The molecule has 0 aliphatic carbocycles. The highest BCUT2D eigenvalue weighted by Crippen LogP contribution is 2.45. The molecule has 0 amide bonds. The monoisotopic (exact) mass is 371 g/mol. The van der Waals surface area contributed by atoms with Crippen molar-refractivity contribution in [2.45, 2.75) is 38.5 Å². The van der Waals surface area contributed by atoms with Crippen LogP contribution in [0.1, 0.15) is 42.6 Å². The molecular weight excluding hydrogens is 346 g/mol. The van der Waals surface area contributed by atoms with E-state index in [4.69, 9.17) is 14.2 Å². The molecule has 0 radical (unpaired) electrons. The van der Waals surface area contributed by atoms with Gasteiger partial charge in [0.05, 0.1) is 20.3 Å². The van der Waals surface area contributed by atoms with Crippen LogP contribution in [0.4, 0.5) is 0 Å². The molecule has 0 saturated carbocycles. The number of ether oxygens (including phenoxy) is 3. The standard InChI is InChI=1S/C21H25NO5/c1-12-15(25-4)11-14(17(23)18(12)26-5)16-20(24)27-21(2,3)19(22-16)13-9-7-6-8-10-13/h6-11,16,19,22-23H,1-5H3/t16-,19-/m1/s1. The third-order valence-corrected chi connectivity index (χ3v) is 4.98. The Morgan fingerprint density at radius 2 is 1.81 bits per heavy atom. The van der Waals surface area contributed by atoms with Crippen molar-refractivity contribution in [2.75, 3.05) is 14.2 Å². The number of cyclic esters (lactones) is 1. The van der Waals surface area contributed by atoms with Gasteiger partial charge in [-0.2, -0.15) is 0 Å². The second kappa shape index (κ2) is 7.12. The van der Waals surface area contributed by atoms with E-state index in [9.17, 15) is 9.90 Å². The lowest BCUT2D eigenvalue weighted by Gasteiger charge is -2.42. The number of phenols is 1. The summed E-state index contributed by atoms with van der Waals surface area (Å²) >= 11 is 0. The Kier molecular flexibility index (Phi) is 5.02. The molecule has 1 heterocycles. The van der Waals surface area contributed by atoms with Crippen molar-refractivity contribution >= 4 is 5.97 Å². The van der Waals surface area contributed by atoms with E-state index in [0.29, 0.717) is 16.9 Å². The van der Waals surface area contributed by atoms with Crippen molar-refractivity contribution in [3.63, 3.8) is 0 Å². The number of benzene rings is 2. The van der Waals surface area contributed by atoms with Crippen LogP contribution < -0.4 is 14.8 Å². The lowest BCUT2D eigenvalue weighted by atomic mass is 9.87. The molecule has 1 aliphatic heterocycles. The Hall–Kier alpha value is -2.73. The van der Waals surface area contributed by atoms with Gasteiger partial charge in [0.15, 0.2) is 11.5 Å². The topological polar surface area (TPSA) is 77.0 Å². The summed E-state index contributed by atoms with van der Waals surface area (Å²) in [5, 5.41) is 14.1. The van der Waals surface area contributed by atoms with Gasteiger partial charge in [0.25, 0.3) is 0 Å². The van der Waals surface area contributed by atoms with Crippen molar-refractivity contribution in [1.82, 2.24) is 5.32 Å². The van der Waals surface area contributed by atoms with E-state index in [1.165, 1.54) is 14.2 Å². The minimum atomic E-state index is -0.855. The Labute approximate surface area is 159 Å². The highest BCUT2D eigenvalue weighted by atomic mass is 16.6.